The van der Waals surface area contributed by atoms with E-state index in [-0.39, 0.29) is 18.8 Å². The Morgan fingerprint density at radius 1 is 1.43 bits per heavy atom. The summed E-state index contributed by atoms with van der Waals surface area (Å²) in [6, 6.07) is 5.85. The SMILES string of the molecule is COCCN(CC(=O)O)C(=O)c1cc2c(F)cccc2[nH]1. The summed E-state index contributed by atoms with van der Waals surface area (Å²) in [7, 11) is 1.46. The molecule has 0 saturated heterocycles. The number of carbonyl (C=O) groups is 2. The lowest BCUT2D eigenvalue weighted by molar-refractivity contribution is -0.137. The fourth-order valence-electron chi connectivity index (χ4n) is 2.02. The van der Waals surface area contributed by atoms with E-state index >= 15 is 0 Å². The lowest BCUT2D eigenvalue weighted by Gasteiger charge is -2.19. The van der Waals surface area contributed by atoms with Crippen molar-refractivity contribution in [2.45, 2.75) is 0 Å². The lowest BCUT2D eigenvalue weighted by Crippen LogP contribution is -2.38. The number of hydrogen-bond acceptors (Lipinski definition) is 3. The second kappa shape index (κ2) is 6.36. The van der Waals surface area contributed by atoms with Gasteiger partial charge in [0.25, 0.3) is 5.91 Å². The van der Waals surface area contributed by atoms with Crippen LogP contribution in [0, 0.1) is 5.82 Å². The highest BCUT2D eigenvalue weighted by Crippen LogP contribution is 2.19. The van der Waals surface area contributed by atoms with E-state index in [1.165, 1.54) is 25.3 Å². The molecule has 0 fully saturated rings. The fourth-order valence-corrected chi connectivity index (χ4v) is 2.02. The second-order valence-electron chi connectivity index (χ2n) is 4.50. The van der Waals surface area contributed by atoms with Crippen LogP contribution < -0.4 is 0 Å². The molecule has 0 spiro atoms. The summed E-state index contributed by atoms with van der Waals surface area (Å²) < 4.78 is 18.5. The van der Waals surface area contributed by atoms with Gasteiger partial charge in [0.1, 0.15) is 18.1 Å². The van der Waals surface area contributed by atoms with E-state index in [2.05, 4.69) is 4.98 Å². The van der Waals surface area contributed by atoms with Gasteiger partial charge in [-0.1, -0.05) is 6.07 Å². The first-order chi connectivity index (χ1) is 10.0. The molecule has 1 heterocycles. The van der Waals surface area contributed by atoms with Crippen LogP contribution in [0.4, 0.5) is 4.39 Å². The number of nitrogens with one attached hydrogen (secondary N) is 1. The minimum atomic E-state index is -1.12. The molecule has 1 amide bonds. The Balaban J connectivity index is 2.29. The van der Waals surface area contributed by atoms with Gasteiger partial charge in [-0.15, -0.1) is 0 Å². The number of aromatic nitrogens is 1. The summed E-state index contributed by atoms with van der Waals surface area (Å²) in [5, 5.41) is 9.15. The molecule has 1 aromatic carbocycles. The van der Waals surface area contributed by atoms with E-state index in [4.69, 9.17) is 9.84 Å². The Hall–Kier alpha value is -2.41. The average Bonchev–Trinajstić information content (AvgIpc) is 2.88. The van der Waals surface area contributed by atoms with Gasteiger partial charge in [0.05, 0.1) is 6.61 Å². The molecule has 112 valence electrons. The molecular weight excluding hydrogens is 279 g/mol. The molecule has 21 heavy (non-hydrogen) atoms. The van der Waals surface area contributed by atoms with Gasteiger partial charge >= 0.3 is 5.97 Å². The number of carbonyl (C=O) groups excluding carboxylic acids is 1. The van der Waals surface area contributed by atoms with Crippen molar-refractivity contribution >= 4 is 22.8 Å². The molecule has 2 aromatic rings. The molecule has 7 heteroatoms. The lowest BCUT2D eigenvalue weighted by atomic mass is 10.2. The Bertz CT molecular complexity index is 668. The van der Waals surface area contributed by atoms with Gasteiger partial charge < -0.3 is 19.7 Å². The topological polar surface area (TPSA) is 82.6 Å². The number of halogens is 1. The van der Waals surface area contributed by atoms with E-state index in [9.17, 15) is 14.0 Å². The van der Waals surface area contributed by atoms with Crippen molar-refractivity contribution in [3.63, 3.8) is 0 Å². The van der Waals surface area contributed by atoms with Crippen molar-refractivity contribution in [2.24, 2.45) is 0 Å². The number of ether oxygens (including phenoxy) is 1. The standard InChI is InChI=1S/C14H15FN2O4/c1-21-6-5-17(8-13(18)19)14(20)12-7-9-10(15)3-2-4-11(9)16-12/h2-4,7,16H,5-6,8H2,1H3,(H,18,19). The third-order valence-corrected chi connectivity index (χ3v) is 3.02. The highest BCUT2D eigenvalue weighted by Gasteiger charge is 2.20. The maximum atomic E-state index is 13.6. The number of H-pyrrole nitrogens is 1. The number of amides is 1. The first kappa shape index (κ1) is 15.0. The zero-order chi connectivity index (χ0) is 15.4. The molecule has 0 bridgehead atoms. The number of rotatable bonds is 6. The summed E-state index contributed by atoms with van der Waals surface area (Å²) in [5.41, 5.74) is 0.632. The third-order valence-electron chi connectivity index (χ3n) is 3.02. The van der Waals surface area contributed by atoms with Gasteiger partial charge in [-0.25, -0.2) is 4.39 Å². The van der Waals surface area contributed by atoms with Crippen molar-refractivity contribution in [3.8, 4) is 0 Å². The molecule has 0 aliphatic rings. The molecule has 6 nitrogen and oxygen atoms in total. The van der Waals surface area contributed by atoms with Gasteiger partial charge in [0, 0.05) is 24.6 Å². The highest BCUT2D eigenvalue weighted by atomic mass is 19.1. The van der Waals surface area contributed by atoms with Gasteiger partial charge in [0.15, 0.2) is 0 Å². The van der Waals surface area contributed by atoms with Crippen LogP contribution in [0.3, 0.4) is 0 Å². The zero-order valence-corrected chi connectivity index (χ0v) is 11.4. The van der Waals surface area contributed by atoms with Crippen LogP contribution in [0.1, 0.15) is 10.5 Å². The first-order valence-electron chi connectivity index (χ1n) is 6.30. The number of carboxylic acids is 1. The Morgan fingerprint density at radius 3 is 2.81 bits per heavy atom. The van der Waals surface area contributed by atoms with Crippen LogP contribution in [-0.4, -0.2) is 53.7 Å². The molecular formula is C14H15FN2O4. The highest BCUT2D eigenvalue weighted by molar-refractivity contribution is 5.99. The normalized spacial score (nSPS) is 10.8. The van der Waals surface area contributed by atoms with Crippen LogP contribution in [0.2, 0.25) is 0 Å². The maximum absolute atomic E-state index is 13.6. The van der Waals surface area contributed by atoms with Gasteiger partial charge in [0.2, 0.25) is 0 Å². The molecule has 0 aliphatic carbocycles. The smallest absolute Gasteiger partial charge is 0.323 e. The first-order valence-corrected chi connectivity index (χ1v) is 6.30. The summed E-state index contributed by atoms with van der Waals surface area (Å²) >= 11 is 0. The minimum Gasteiger partial charge on any atom is -0.480 e. The van der Waals surface area contributed by atoms with Crippen LogP contribution in [-0.2, 0) is 9.53 Å². The number of nitrogens with zero attached hydrogens (tertiary/aromatic N) is 1. The minimum absolute atomic E-state index is 0.138. The number of aromatic amines is 1. The van der Waals surface area contributed by atoms with Gasteiger partial charge in [-0.05, 0) is 18.2 Å². The summed E-state index contributed by atoms with van der Waals surface area (Å²) in [4.78, 5) is 27.1. The van der Waals surface area contributed by atoms with Crippen molar-refractivity contribution in [1.29, 1.82) is 0 Å². The molecule has 0 aliphatic heterocycles. The predicted octanol–water partition coefficient (Wildman–Crippen LogP) is 1.48. The maximum Gasteiger partial charge on any atom is 0.323 e. The van der Waals surface area contributed by atoms with Crippen molar-refractivity contribution in [1.82, 2.24) is 9.88 Å². The molecule has 0 saturated carbocycles. The molecule has 0 radical (unpaired) electrons. The van der Waals surface area contributed by atoms with Crippen molar-refractivity contribution in [3.05, 3.63) is 35.8 Å². The quantitative estimate of drug-likeness (QED) is 0.845. The summed E-state index contributed by atoms with van der Waals surface area (Å²) in [5.74, 6) is -2.07. The van der Waals surface area contributed by atoms with Crippen molar-refractivity contribution < 1.29 is 23.8 Å². The van der Waals surface area contributed by atoms with E-state index in [1.807, 2.05) is 0 Å². The monoisotopic (exact) mass is 294 g/mol. The zero-order valence-electron chi connectivity index (χ0n) is 11.4. The van der Waals surface area contributed by atoms with Crippen LogP contribution in [0.25, 0.3) is 10.9 Å². The summed E-state index contributed by atoms with van der Waals surface area (Å²) in [6.45, 7) is -0.0901. The Morgan fingerprint density at radius 2 is 2.19 bits per heavy atom. The Labute approximate surface area is 120 Å². The molecule has 1 aromatic heterocycles. The number of aliphatic carboxylic acids is 1. The fraction of sp³-hybridized carbons (Fsp3) is 0.286. The van der Waals surface area contributed by atoms with E-state index in [0.29, 0.717) is 10.9 Å². The Kier molecular flexibility index (Phi) is 4.54. The van der Waals surface area contributed by atoms with Crippen LogP contribution in [0.5, 0.6) is 0 Å². The number of fused-ring (bicyclic) bond motifs is 1. The van der Waals surface area contributed by atoms with E-state index < -0.39 is 24.2 Å². The largest absolute Gasteiger partial charge is 0.480 e. The number of hydrogen-bond donors (Lipinski definition) is 2. The number of benzene rings is 1. The average molecular weight is 294 g/mol. The predicted molar refractivity (Wildman–Crippen MR) is 73.7 cm³/mol. The molecule has 0 atom stereocenters. The third kappa shape index (κ3) is 3.38. The summed E-state index contributed by atoms with van der Waals surface area (Å²) in [6.07, 6.45) is 0. The van der Waals surface area contributed by atoms with E-state index in [1.54, 1.807) is 6.07 Å². The van der Waals surface area contributed by atoms with Gasteiger partial charge in [-0.3, -0.25) is 9.59 Å². The van der Waals surface area contributed by atoms with Gasteiger partial charge in [-0.2, -0.15) is 0 Å². The van der Waals surface area contributed by atoms with E-state index in [0.717, 1.165) is 4.90 Å². The second-order valence-corrected chi connectivity index (χ2v) is 4.50. The number of carboxylic acid groups (broad SMARTS) is 1. The van der Waals surface area contributed by atoms with Crippen molar-refractivity contribution in [2.75, 3.05) is 26.8 Å². The molecule has 0 unspecified atom stereocenters. The molecule has 2 rings (SSSR count). The molecule has 2 N–H and O–H groups in total. The van der Waals surface area contributed by atoms with Crippen LogP contribution in [0.15, 0.2) is 24.3 Å². The van der Waals surface area contributed by atoms with Crippen LogP contribution >= 0.6 is 0 Å². The number of methoxy groups -OCH3 is 1.